The fourth-order valence-electron chi connectivity index (χ4n) is 4.74. The average Bonchev–Trinajstić information content (AvgIpc) is 3.44. The molecule has 0 saturated carbocycles. The third kappa shape index (κ3) is 6.40. The van der Waals surface area contributed by atoms with Gasteiger partial charge in [0.05, 0.1) is 4.92 Å². The summed E-state index contributed by atoms with van der Waals surface area (Å²) in [5, 5.41) is 20.0. The zero-order chi connectivity index (χ0) is 27.2. The molecule has 0 radical (unpaired) electrons. The maximum Gasteiger partial charge on any atom is 0.291 e. The number of nitrogens with zero attached hydrogens (tertiary/aromatic N) is 1. The second-order valence-corrected chi connectivity index (χ2v) is 9.60. The van der Waals surface area contributed by atoms with Crippen LogP contribution in [0, 0.1) is 10.1 Å². The number of hydrogen-bond acceptors (Lipinski definition) is 5. The van der Waals surface area contributed by atoms with Gasteiger partial charge in [0.1, 0.15) is 5.76 Å². The third-order valence-electron chi connectivity index (χ3n) is 6.92. The van der Waals surface area contributed by atoms with Crippen molar-refractivity contribution in [2.75, 3.05) is 5.32 Å². The van der Waals surface area contributed by atoms with Gasteiger partial charge in [-0.1, -0.05) is 66.7 Å². The predicted octanol–water partition coefficient (Wildman–Crippen LogP) is 7.10. The number of carbonyl (C=O) groups is 1. The molecule has 0 fully saturated rings. The van der Waals surface area contributed by atoms with Crippen molar-refractivity contribution in [3.63, 3.8) is 0 Å². The summed E-state index contributed by atoms with van der Waals surface area (Å²) in [5.74, 6) is 0.522. The molecule has 2 atom stereocenters. The molecule has 39 heavy (non-hydrogen) atoms. The number of rotatable bonds is 10. The molecule has 0 saturated heterocycles. The van der Waals surface area contributed by atoms with Gasteiger partial charge in [-0.25, -0.2) is 0 Å². The van der Waals surface area contributed by atoms with Gasteiger partial charge in [-0.05, 0) is 59.2 Å². The van der Waals surface area contributed by atoms with Crippen LogP contribution in [0.2, 0.25) is 0 Å². The first-order valence-corrected chi connectivity index (χ1v) is 12.9. The van der Waals surface area contributed by atoms with Gasteiger partial charge in [-0.15, -0.1) is 0 Å². The van der Waals surface area contributed by atoms with Crippen molar-refractivity contribution >= 4 is 28.1 Å². The fourth-order valence-corrected chi connectivity index (χ4v) is 4.74. The van der Waals surface area contributed by atoms with Crippen molar-refractivity contribution < 1.29 is 14.1 Å². The first-order valence-electron chi connectivity index (χ1n) is 12.9. The Morgan fingerprint density at radius 2 is 1.59 bits per heavy atom. The maximum absolute atomic E-state index is 12.7. The molecule has 196 valence electrons. The second kappa shape index (κ2) is 11.8. The number of para-hydroxylation sites is 1. The molecular formula is C32H29N3O4. The van der Waals surface area contributed by atoms with Gasteiger partial charge in [0, 0.05) is 42.7 Å². The number of amides is 1. The van der Waals surface area contributed by atoms with Gasteiger partial charge in [-0.2, -0.15) is 0 Å². The highest BCUT2D eigenvalue weighted by atomic mass is 16.6. The summed E-state index contributed by atoms with van der Waals surface area (Å²) in [7, 11) is 0. The molecule has 7 heteroatoms. The lowest BCUT2D eigenvalue weighted by molar-refractivity contribution is -0.384. The fraction of sp³-hybridized carbons (Fsp3) is 0.156. The Morgan fingerprint density at radius 3 is 2.33 bits per heavy atom. The summed E-state index contributed by atoms with van der Waals surface area (Å²) < 4.78 is 5.94. The molecule has 2 N–H and O–H groups in total. The lowest BCUT2D eigenvalue weighted by atomic mass is 9.88. The smallest absolute Gasteiger partial charge is 0.291 e. The molecule has 1 aromatic heterocycles. The van der Waals surface area contributed by atoms with Crippen molar-refractivity contribution in [2.45, 2.75) is 31.8 Å². The quantitative estimate of drug-likeness (QED) is 0.152. The number of benzene rings is 4. The van der Waals surface area contributed by atoms with Crippen molar-refractivity contribution in [1.29, 1.82) is 0 Å². The summed E-state index contributed by atoms with van der Waals surface area (Å²) in [6.45, 7) is 2.76. The number of furan rings is 1. The maximum atomic E-state index is 12.7. The Hall–Kier alpha value is -4.75. The minimum Gasteiger partial charge on any atom is -0.456 e. The zero-order valence-corrected chi connectivity index (χ0v) is 21.5. The number of carbonyl (C=O) groups excluding carboxylic acids is 1. The van der Waals surface area contributed by atoms with Crippen molar-refractivity contribution in [1.82, 2.24) is 5.32 Å². The van der Waals surface area contributed by atoms with Crippen LogP contribution in [0.5, 0.6) is 0 Å². The molecule has 7 nitrogen and oxygen atoms in total. The van der Waals surface area contributed by atoms with E-state index in [0.717, 1.165) is 5.56 Å². The van der Waals surface area contributed by atoms with E-state index >= 15 is 0 Å². The highest BCUT2D eigenvalue weighted by molar-refractivity contribution is 6.02. The van der Waals surface area contributed by atoms with E-state index in [1.54, 1.807) is 18.2 Å². The molecule has 2 unspecified atom stereocenters. The standard InChI is InChI=1S/C32H29N3O4/c1-22(33-21-23-11-12-24-7-5-6-8-26(24)19-23)30(25-13-15-28(16-14-25)35(37)38)20-29-17-18-31(39-29)32(36)34-27-9-3-2-4-10-27/h2-19,22,30,33H,20-21H2,1H3,(H,34,36). The van der Waals surface area contributed by atoms with E-state index in [1.807, 2.05) is 48.5 Å². The molecule has 0 bridgehead atoms. The monoisotopic (exact) mass is 519 g/mol. The van der Waals surface area contributed by atoms with Crippen LogP contribution in [0.15, 0.2) is 114 Å². The number of nitro groups is 1. The lowest BCUT2D eigenvalue weighted by Crippen LogP contribution is -2.33. The van der Waals surface area contributed by atoms with Crippen molar-refractivity contribution in [3.8, 4) is 0 Å². The molecule has 5 aromatic rings. The van der Waals surface area contributed by atoms with E-state index in [4.69, 9.17) is 4.42 Å². The number of anilines is 1. The van der Waals surface area contributed by atoms with Crippen LogP contribution in [-0.4, -0.2) is 16.9 Å². The van der Waals surface area contributed by atoms with E-state index in [9.17, 15) is 14.9 Å². The molecule has 0 aliphatic carbocycles. The molecule has 1 amide bonds. The first-order chi connectivity index (χ1) is 19.0. The summed E-state index contributed by atoms with van der Waals surface area (Å²) in [5.41, 5.74) is 2.86. The number of hydrogen-bond donors (Lipinski definition) is 2. The molecule has 4 aromatic carbocycles. The van der Waals surface area contributed by atoms with Gasteiger partial charge < -0.3 is 15.1 Å². The molecule has 1 heterocycles. The predicted molar refractivity (Wildman–Crippen MR) is 153 cm³/mol. The lowest BCUT2D eigenvalue weighted by Gasteiger charge is -2.25. The topological polar surface area (TPSA) is 97.4 Å². The zero-order valence-electron chi connectivity index (χ0n) is 21.5. The molecule has 5 rings (SSSR count). The summed E-state index contributed by atoms with van der Waals surface area (Å²) in [4.78, 5) is 23.5. The summed E-state index contributed by atoms with van der Waals surface area (Å²) in [6.07, 6.45) is 0.516. The van der Waals surface area contributed by atoms with E-state index < -0.39 is 4.92 Å². The first kappa shape index (κ1) is 25.9. The van der Waals surface area contributed by atoms with Crippen LogP contribution < -0.4 is 10.6 Å². The molecule has 0 aliphatic rings. The Balaban J connectivity index is 1.33. The van der Waals surface area contributed by atoms with Crippen LogP contribution in [0.3, 0.4) is 0 Å². The van der Waals surface area contributed by atoms with Gasteiger partial charge in [0.25, 0.3) is 11.6 Å². The van der Waals surface area contributed by atoms with Crippen molar-refractivity contribution in [2.24, 2.45) is 0 Å². The second-order valence-electron chi connectivity index (χ2n) is 9.60. The molecule has 0 aliphatic heterocycles. The van der Waals surface area contributed by atoms with E-state index in [1.165, 1.54) is 28.5 Å². The van der Waals surface area contributed by atoms with E-state index in [-0.39, 0.29) is 29.3 Å². The van der Waals surface area contributed by atoms with Crippen LogP contribution in [-0.2, 0) is 13.0 Å². The summed E-state index contributed by atoms with van der Waals surface area (Å²) in [6, 6.07) is 34.0. The minimum absolute atomic E-state index is 0.00428. The Labute approximate surface area is 226 Å². The Kier molecular flexibility index (Phi) is 7.80. The highest BCUT2D eigenvalue weighted by Crippen LogP contribution is 2.28. The Bertz CT molecular complexity index is 1580. The number of non-ortho nitro benzene ring substituents is 1. The van der Waals surface area contributed by atoms with Crippen molar-refractivity contribution in [3.05, 3.63) is 142 Å². The average molecular weight is 520 g/mol. The van der Waals surface area contributed by atoms with Gasteiger partial charge in [-0.3, -0.25) is 14.9 Å². The van der Waals surface area contributed by atoms with Crippen LogP contribution >= 0.6 is 0 Å². The van der Waals surface area contributed by atoms with E-state index in [0.29, 0.717) is 24.4 Å². The molecular weight excluding hydrogens is 490 g/mol. The van der Waals surface area contributed by atoms with Crippen LogP contribution in [0.4, 0.5) is 11.4 Å². The Morgan fingerprint density at radius 1 is 0.872 bits per heavy atom. The van der Waals surface area contributed by atoms with Gasteiger partial charge in [0.15, 0.2) is 5.76 Å². The summed E-state index contributed by atoms with van der Waals surface area (Å²) >= 11 is 0. The van der Waals surface area contributed by atoms with Gasteiger partial charge in [0.2, 0.25) is 0 Å². The highest BCUT2D eigenvalue weighted by Gasteiger charge is 2.23. The van der Waals surface area contributed by atoms with Crippen LogP contribution in [0.1, 0.15) is 40.3 Å². The van der Waals surface area contributed by atoms with Gasteiger partial charge >= 0.3 is 0 Å². The number of nitrogens with one attached hydrogen (secondary N) is 2. The SMILES string of the molecule is CC(NCc1ccc2ccccc2c1)C(Cc1ccc(C(=O)Nc2ccccc2)o1)c1ccc([N+](=O)[O-])cc1. The number of fused-ring (bicyclic) bond motifs is 1. The minimum atomic E-state index is -0.398. The largest absolute Gasteiger partial charge is 0.456 e. The van der Waals surface area contributed by atoms with Crippen LogP contribution in [0.25, 0.3) is 10.8 Å². The van der Waals surface area contributed by atoms with E-state index in [2.05, 4.69) is 47.9 Å². The molecule has 0 spiro atoms. The normalized spacial score (nSPS) is 12.6. The number of nitro benzene ring substituents is 1. The third-order valence-corrected chi connectivity index (χ3v) is 6.92.